The van der Waals surface area contributed by atoms with Crippen LogP contribution in [0.25, 0.3) is 0 Å². The molecule has 0 radical (unpaired) electrons. The average molecular weight is 236 g/mol. The van der Waals surface area contributed by atoms with Crippen LogP contribution in [0.5, 0.6) is 0 Å². The summed E-state index contributed by atoms with van der Waals surface area (Å²) in [7, 11) is 0. The van der Waals surface area contributed by atoms with E-state index in [0.29, 0.717) is 12.2 Å². The lowest BCUT2D eigenvalue weighted by atomic mass is 9.83. The largest absolute Gasteiger partial charge is 0.399 e. The van der Waals surface area contributed by atoms with Gasteiger partial charge in [-0.2, -0.15) is 0 Å². The first-order valence-corrected chi connectivity index (χ1v) is 6.12. The third kappa shape index (κ3) is 4.10. The highest BCUT2D eigenvalue weighted by atomic mass is 16.2. The fraction of sp³-hybridized carbons (Fsp3) is 0.500. The van der Waals surface area contributed by atoms with Crippen LogP contribution in [0.3, 0.4) is 0 Å². The maximum atomic E-state index is 11.8. The lowest BCUT2D eigenvalue weighted by Crippen LogP contribution is -2.39. The first kappa shape index (κ1) is 15.5. The molecule has 1 rings (SSSR count). The van der Waals surface area contributed by atoms with Gasteiger partial charge in [-0.1, -0.05) is 26.0 Å². The van der Waals surface area contributed by atoms with E-state index in [4.69, 9.17) is 5.73 Å². The van der Waals surface area contributed by atoms with Gasteiger partial charge in [-0.25, -0.2) is 0 Å². The molecule has 1 aromatic carbocycles. The SMILES string of the molecule is CC.CCNC(=O)C(C)(C)c1ccc(N)cc1. The third-order valence-electron chi connectivity index (χ3n) is 2.54. The van der Waals surface area contributed by atoms with E-state index in [0.717, 1.165) is 5.56 Å². The summed E-state index contributed by atoms with van der Waals surface area (Å²) >= 11 is 0. The Kier molecular flexibility index (Phi) is 6.33. The highest BCUT2D eigenvalue weighted by molar-refractivity contribution is 5.87. The molecule has 3 nitrogen and oxygen atoms in total. The second-order valence-corrected chi connectivity index (χ2v) is 4.11. The van der Waals surface area contributed by atoms with Gasteiger partial charge in [0.05, 0.1) is 5.41 Å². The summed E-state index contributed by atoms with van der Waals surface area (Å²) < 4.78 is 0. The first-order valence-electron chi connectivity index (χ1n) is 6.12. The van der Waals surface area contributed by atoms with Crippen LogP contribution in [0.1, 0.15) is 40.2 Å². The van der Waals surface area contributed by atoms with E-state index in [1.807, 2.05) is 58.9 Å². The fourth-order valence-electron chi connectivity index (χ4n) is 1.41. The predicted octanol–water partition coefficient (Wildman–Crippen LogP) is 2.71. The second-order valence-electron chi connectivity index (χ2n) is 4.11. The highest BCUT2D eigenvalue weighted by Gasteiger charge is 2.28. The molecular formula is C14H24N2O. The molecule has 0 atom stereocenters. The topological polar surface area (TPSA) is 55.1 Å². The summed E-state index contributed by atoms with van der Waals surface area (Å²) in [4.78, 5) is 11.8. The van der Waals surface area contributed by atoms with E-state index in [1.54, 1.807) is 0 Å². The molecule has 96 valence electrons. The number of benzene rings is 1. The molecule has 17 heavy (non-hydrogen) atoms. The lowest BCUT2D eigenvalue weighted by molar-refractivity contribution is -0.125. The van der Waals surface area contributed by atoms with Crippen LogP contribution >= 0.6 is 0 Å². The van der Waals surface area contributed by atoms with Crippen molar-refractivity contribution >= 4 is 11.6 Å². The minimum atomic E-state index is -0.510. The Morgan fingerprint density at radius 1 is 1.24 bits per heavy atom. The summed E-state index contributed by atoms with van der Waals surface area (Å²) in [5.74, 6) is 0.0368. The Morgan fingerprint density at radius 2 is 1.71 bits per heavy atom. The Hall–Kier alpha value is -1.51. The van der Waals surface area contributed by atoms with Gasteiger partial charge in [0, 0.05) is 12.2 Å². The van der Waals surface area contributed by atoms with Crippen molar-refractivity contribution in [3.63, 3.8) is 0 Å². The summed E-state index contributed by atoms with van der Waals surface area (Å²) in [6, 6.07) is 7.42. The normalized spacial score (nSPS) is 10.2. The van der Waals surface area contributed by atoms with Crippen LogP contribution in [0.4, 0.5) is 5.69 Å². The number of rotatable bonds is 3. The number of nitrogen functional groups attached to an aromatic ring is 1. The number of carbonyl (C=O) groups excluding carboxylic acids is 1. The smallest absolute Gasteiger partial charge is 0.230 e. The van der Waals surface area contributed by atoms with Crippen molar-refractivity contribution in [2.75, 3.05) is 12.3 Å². The third-order valence-corrected chi connectivity index (χ3v) is 2.54. The molecular weight excluding hydrogens is 212 g/mol. The molecule has 0 spiro atoms. The molecule has 0 unspecified atom stereocenters. The Bertz CT molecular complexity index is 342. The van der Waals surface area contributed by atoms with Crippen LogP contribution in [-0.2, 0) is 10.2 Å². The van der Waals surface area contributed by atoms with E-state index in [2.05, 4.69) is 5.32 Å². The zero-order valence-electron chi connectivity index (χ0n) is 11.5. The van der Waals surface area contributed by atoms with Gasteiger partial charge < -0.3 is 11.1 Å². The number of anilines is 1. The number of nitrogens with one attached hydrogen (secondary N) is 1. The van der Waals surface area contributed by atoms with Crippen LogP contribution in [-0.4, -0.2) is 12.5 Å². The molecule has 0 aliphatic carbocycles. The van der Waals surface area contributed by atoms with Gasteiger partial charge >= 0.3 is 0 Å². The molecule has 0 aliphatic heterocycles. The molecule has 0 aliphatic rings. The van der Waals surface area contributed by atoms with E-state index in [-0.39, 0.29) is 5.91 Å². The summed E-state index contributed by atoms with van der Waals surface area (Å²) in [5.41, 5.74) is 6.78. The van der Waals surface area contributed by atoms with Gasteiger partial charge in [-0.15, -0.1) is 0 Å². The first-order chi connectivity index (χ1) is 7.98. The molecule has 3 heteroatoms. The van der Waals surface area contributed by atoms with Gasteiger partial charge in [0.15, 0.2) is 0 Å². The van der Waals surface area contributed by atoms with Gasteiger partial charge in [0.1, 0.15) is 0 Å². The predicted molar refractivity (Wildman–Crippen MR) is 73.9 cm³/mol. The van der Waals surface area contributed by atoms with E-state index >= 15 is 0 Å². The summed E-state index contributed by atoms with van der Waals surface area (Å²) in [6.45, 7) is 10.4. The molecule has 0 heterocycles. The molecule has 0 aromatic heterocycles. The van der Waals surface area contributed by atoms with Crippen molar-refractivity contribution in [2.24, 2.45) is 0 Å². The number of hydrogen-bond acceptors (Lipinski definition) is 2. The van der Waals surface area contributed by atoms with Crippen LogP contribution in [0.15, 0.2) is 24.3 Å². The van der Waals surface area contributed by atoms with E-state index < -0.39 is 5.41 Å². The van der Waals surface area contributed by atoms with Crippen molar-refractivity contribution < 1.29 is 4.79 Å². The number of nitrogens with two attached hydrogens (primary N) is 1. The van der Waals surface area contributed by atoms with Gasteiger partial charge in [-0.3, -0.25) is 4.79 Å². The van der Waals surface area contributed by atoms with Gasteiger partial charge in [0.25, 0.3) is 0 Å². The maximum Gasteiger partial charge on any atom is 0.230 e. The number of amides is 1. The molecule has 0 fully saturated rings. The van der Waals surface area contributed by atoms with Crippen molar-refractivity contribution in [1.82, 2.24) is 5.32 Å². The van der Waals surface area contributed by atoms with Crippen molar-refractivity contribution in [3.05, 3.63) is 29.8 Å². The number of likely N-dealkylation sites (N-methyl/N-ethyl adjacent to an activating group) is 1. The minimum absolute atomic E-state index is 0.0368. The summed E-state index contributed by atoms with van der Waals surface area (Å²) in [5, 5.41) is 2.83. The maximum absolute atomic E-state index is 11.8. The standard InChI is InChI=1S/C12H18N2O.C2H6/c1-4-14-11(15)12(2,3)9-5-7-10(13)8-6-9;1-2/h5-8H,4,13H2,1-3H3,(H,14,15);1-2H3. The zero-order chi connectivity index (χ0) is 13.5. The molecule has 0 saturated heterocycles. The average Bonchev–Trinajstić information content (AvgIpc) is 2.32. The molecule has 1 amide bonds. The molecule has 0 bridgehead atoms. The van der Waals surface area contributed by atoms with Crippen molar-refractivity contribution in [1.29, 1.82) is 0 Å². The Labute approximate surface area is 104 Å². The zero-order valence-corrected chi connectivity index (χ0v) is 11.5. The van der Waals surface area contributed by atoms with E-state index in [9.17, 15) is 4.79 Å². The summed E-state index contributed by atoms with van der Waals surface area (Å²) in [6.07, 6.45) is 0. The van der Waals surface area contributed by atoms with Crippen molar-refractivity contribution in [3.8, 4) is 0 Å². The van der Waals surface area contributed by atoms with Gasteiger partial charge in [0.2, 0.25) is 5.91 Å². The Morgan fingerprint density at radius 3 is 2.12 bits per heavy atom. The molecule has 0 saturated carbocycles. The quantitative estimate of drug-likeness (QED) is 0.793. The monoisotopic (exact) mass is 236 g/mol. The highest BCUT2D eigenvalue weighted by Crippen LogP contribution is 2.24. The minimum Gasteiger partial charge on any atom is -0.399 e. The van der Waals surface area contributed by atoms with Crippen LogP contribution in [0, 0.1) is 0 Å². The van der Waals surface area contributed by atoms with E-state index in [1.165, 1.54) is 0 Å². The molecule has 1 aromatic rings. The fourth-order valence-corrected chi connectivity index (χ4v) is 1.41. The number of carbonyl (C=O) groups is 1. The lowest BCUT2D eigenvalue weighted by Gasteiger charge is -2.23. The Balaban J connectivity index is 0.00000121. The van der Waals surface area contributed by atoms with Crippen LogP contribution < -0.4 is 11.1 Å². The second kappa shape index (κ2) is 6.94. The van der Waals surface area contributed by atoms with Crippen molar-refractivity contribution in [2.45, 2.75) is 40.0 Å². The molecule has 3 N–H and O–H groups in total. The van der Waals surface area contributed by atoms with Gasteiger partial charge in [-0.05, 0) is 38.5 Å². The van der Waals surface area contributed by atoms with Crippen LogP contribution in [0.2, 0.25) is 0 Å². The number of hydrogen-bond donors (Lipinski definition) is 2.